The van der Waals surface area contributed by atoms with Gasteiger partial charge < -0.3 is 0 Å². The van der Waals surface area contributed by atoms with E-state index >= 15 is 0 Å². The summed E-state index contributed by atoms with van der Waals surface area (Å²) in [4.78, 5) is 0. The number of fused-ring (bicyclic) bond motifs is 3. The lowest BCUT2D eigenvalue weighted by atomic mass is 9.90. The smallest absolute Gasteiger partial charge is 0.0181 e. The van der Waals surface area contributed by atoms with Crippen molar-refractivity contribution in [3.63, 3.8) is 0 Å². The van der Waals surface area contributed by atoms with Crippen molar-refractivity contribution in [1.82, 2.24) is 0 Å². The molecule has 1 heteroatoms. The Morgan fingerprint density at radius 3 is 2.55 bits per heavy atom. The zero-order valence-electron chi connectivity index (χ0n) is 11.1. The minimum absolute atomic E-state index is 0.938. The fraction of sp³-hybridized carbons (Fsp3) is 0.0526. The van der Waals surface area contributed by atoms with Crippen LogP contribution in [0.1, 0.15) is 11.1 Å². The van der Waals surface area contributed by atoms with E-state index in [-0.39, 0.29) is 0 Å². The lowest BCUT2D eigenvalue weighted by Crippen LogP contribution is -1.93. The van der Waals surface area contributed by atoms with Gasteiger partial charge in [0.15, 0.2) is 0 Å². The van der Waals surface area contributed by atoms with Crippen LogP contribution < -0.4 is 0 Å². The molecule has 20 heavy (non-hydrogen) atoms. The molecule has 0 aromatic heterocycles. The van der Waals surface area contributed by atoms with E-state index < -0.39 is 0 Å². The molecule has 0 heterocycles. The normalized spacial score (nSPS) is 16.9. The van der Waals surface area contributed by atoms with Gasteiger partial charge in [0, 0.05) is 4.47 Å². The van der Waals surface area contributed by atoms with Crippen LogP contribution >= 0.6 is 15.9 Å². The van der Waals surface area contributed by atoms with Crippen molar-refractivity contribution in [2.24, 2.45) is 0 Å². The van der Waals surface area contributed by atoms with Crippen molar-refractivity contribution in [3.05, 3.63) is 88.9 Å². The van der Waals surface area contributed by atoms with Crippen molar-refractivity contribution in [3.8, 4) is 11.1 Å². The molecule has 0 amide bonds. The summed E-state index contributed by atoms with van der Waals surface area (Å²) in [5.41, 5.74) is 6.08. The Morgan fingerprint density at radius 2 is 1.70 bits per heavy atom. The summed E-state index contributed by atoms with van der Waals surface area (Å²) in [7, 11) is 0. The molecule has 0 bridgehead atoms. The van der Waals surface area contributed by atoms with Gasteiger partial charge >= 0.3 is 0 Å². The van der Waals surface area contributed by atoms with Crippen molar-refractivity contribution in [1.29, 1.82) is 0 Å². The first-order valence-electron chi connectivity index (χ1n) is 6.66. The molecule has 2 aromatic carbocycles. The van der Waals surface area contributed by atoms with Gasteiger partial charge in [-0.3, -0.25) is 0 Å². The van der Waals surface area contributed by atoms with E-state index in [2.05, 4.69) is 89.3 Å². The van der Waals surface area contributed by atoms with Crippen LogP contribution in [0.15, 0.2) is 77.8 Å². The number of halogens is 1. The summed E-state index contributed by atoms with van der Waals surface area (Å²) in [6, 6.07) is 14.9. The predicted octanol–water partition coefficient (Wildman–Crippen LogP) is 5.80. The Labute approximate surface area is 128 Å². The largest absolute Gasteiger partial charge is 0.0911 e. The maximum Gasteiger partial charge on any atom is 0.0181 e. The van der Waals surface area contributed by atoms with Crippen LogP contribution in [0, 0.1) is 0 Å². The van der Waals surface area contributed by atoms with Crippen LogP contribution in [0.4, 0.5) is 0 Å². The molecule has 0 saturated carbocycles. The molecule has 2 aromatic rings. The van der Waals surface area contributed by atoms with Crippen molar-refractivity contribution in [2.75, 3.05) is 0 Å². The fourth-order valence-electron chi connectivity index (χ4n) is 2.51. The van der Waals surface area contributed by atoms with Crippen LogP contribution in [0.25, 0.3) is 16.7 Å². The number of hydrogen-bond acceptors (Lipinski definition) is 0. The Hall–Kier alpha value is -1.86. The van der Waals surface area contributed by atoms with Gasteiger partial charge in [-0.1, -0.05) is 77.1 Å². The van der Waals surface area contributed by atoms with E-state index in [1.807, 2.05) is 0 Å². The Morgan fingerprint density at radius 1 is 0.900 bits per heavy atom. The second kappa shape index (κ2) is 5.64. The van der Waals surface area contributed by atoms with Crippen molar-refractivity contribution in [2.45, 2.75) is 6.42 Å². The third-order valence-corrected chi connectivity index (χ3v) is 4.01. The van der Waals surface area contributed by atoms with Crippen LogP contribution in [-0.4, -0.2) is 0 Å². The molecule has 3 rings (SSSR count). The monoisotopic (exact) mass is 322 g/mol. The highest BCUT2D eigenvalue weighted by Gasteiger charge is 2.11. The Kier molecular flexibility index (Phi) is 3.70. The third kappa shape index (κ3) is 2.54. The molecular formula is C19H15Br. The van der Waals surface area contributed by atoms with Crippen LogP contribution in [0.5, 0.6) is 0 Å². The number of hydrogen-bond donors (Lipinski definition) is 0. The topological polar surface area (TPSA) is 0 Å². The summed E-state index contributed by atoms with van der Waals surface area (Å²) in [5, 5.41) is 0. The predicted molar refractivity (Wildman–Crippen MR) is 90.6 cm³/mol. The molecule has 98 valence electrons. The summed E-state index contributed by atoms with van der Waals surface area (Å²) >= 11 is 3.58. The average Bonchev–Trinajstić information content (AvgIpc) is 2.47. The first-order chi connectivity index (χ1) is 9.75. The molecule has 0 spiro atoms. The molecule has 0 fully saturated rings. The Balaban J connectivity index is 2.30. The van der Waals surface area contributed by atoms with Crippen molar-refractivity contribution >= 4 is 21.5 Å². The molecule has 0 radical (unpaired) electrons. The van der Waals surface area contributed by atoms with Crippen LogP contribution in [0.2, 0.25) is 0 Å². The quantitative estimate of drug-likeness (QED) is 0.575. The second-order valence-corrected chi connectivity index (χ2v) is 5.78. The van der Waals surface area contributed by atoms with E-state index in [4.69, 9.17) is 0 Å². The molecule has 0 nitrogen and oxygen atoms in total. The lowest BCUT2D eigenvalue weighted by molar-refractivity contribution is 1.26. The van der Waals surface area contributed by atoms with Crippen LogP contribution in [-0.2, 0) is 6.42 Å². The fourth-order valence-corrected chi connectivity index (χ4v) is 2.87. The minimum atomic E-state index is 0.938. The zero-order valence-corrected chi connectivity index (χ0v) is 12.7. The molecule has 0 saturated heterocycles. The Bertz CT molecular complexity index is 720. The average molecular weight is 323 g/mol. The van der Waals surface area contributed by atoms with Gasteiger partial charge in [-0.2, -0.15) is 0 Å². The van der Waals surface area contributed by atoms with E-state index in [0.29, 0.717) is 0 Å². The highest BCUT2D eigenvalue weighted by molar-refractivity contribution is 9.10. The van der Waals surface area contributed by atoms with E-state index in [9.17, 15) is 0 Å². The summed E-state index contributed by atoms with van der Waals surface area (Å²) in [6.45, 7) is 4.19. The third-order valence-electron chi connectivity index (χ3n) is 3.52. The maximum atomic E-state index is 4.19. The van der Waals surface area contributed by atoms with Crippen molar-refractivity contribution < 1.29 is 0 Å². The van der Waals surface area contributed by atoms with E-state index in [0.717, 1.165) is 16.5 Å². The number of allylic oxidation sites excluding steroid dienone is 5. The minimum Gasteiger partial charge on any atom is -0.0911 e. The highest BCUT2D eigenvalue weighted by Crippen LogP contribution is 2.34. The molecular weight excluding hydrogens is 308 g/mol. The van der Waals surface area contributed by atoms with Crippen LogP contribution in [0.3, 0.4) is 0 Å². The molecule has 1 aliphatic carbocycles. The zero-order chi connectivity index (χ0) is 13.9. The van der Waals surface area contributed by atoms with Gasteiger partial charge in [0.25, 0.3) is 0 Å². The molecule has 0 unspecified atom stereocenters. The first kappa shape index (κ1) is 13.1. The molecule has 0 N–H and O–H groups in total. The van der Waals surface area contributed by atoms with Gasteiger partial charge in [0.1, 0.15) is 0 Å². The highest BCUT2D eigenvalue weighted by atomic mass is 79.9. The first-order valence-corrected chi connectivity index (χ1v) is 7.45. The lowest BCUT2D eigenvalue weighted by Gasteiger charge is -2.15. The molecule has 0 aliphatic heterocycles. The van der Waals surface area contributed by atoms with E-state index in [1.165, 1.54) is 22.3 Å². The number of rotatable bonds is 0. The summed E-state index contributed by atoms with van der Waals surface area (Å²) in [6.07, 6.45) is 9.34. The standard InChI is InChI=1S/C19H15Br/c1-14-7-3-2-4-8-15-11-12-16(20)13-19(15)18-10-6-5-9-17(14)18/h2-7,9-13H,1,8H2/b4-2-,7-3-. The molecule has 0 atom stereocenters. The SMILES string of the molecule is C=C1/C=C\C=C/Cc2ccc(Br)cc2-c2ccccc21. The van der Waals surface area contributed by atoms with Gasteiger partial charge in [0.05, 0.1) is 0 Å². The second-order valence-electron chi connectivity index (χ2n) is 4.86. The van der Waals surface area contributed by atoms with E-state index in [1.54, 1.807) is 0 Å². The van der Waals surface area contributed by atoms with Gasteiger partial charge in [0.2, 0.25) is 0 Å². The maximum absolute atomic E-state index is 4.19. The van der Waals surface area contributed by atoms with Gasteiger partial charge in [-0.25, -0.2) is 0 Å². The summed E-state index contributed by atoms with van der Waals surface area (Å²) in [5.74, 6) is 0. The summed E-state index contributed by atoms with van der Waals surface area (Å²) < 4.78 is 1.10. The number of benzene rings is 2. The van der Waals surface area contributed by atoms with Gasteiger partial charge in [-0.15, -0.1) is 0 Å². The molecule has 1 aliphatic rings. The van der Waals surface area contributed by atoms with Gasteiger partial charge in [-0.05, 0) is 46.4 Å².